The van der Waals surface area contributed by atoms with E-state index in [-0.39, 0.29) is 18.9 Å². The number of carboxylic acids is 1. The highest BCUT2D eigenvalue weighted by Gasteiger charge is 2.13. The molecule has 0 aromatic heterocycles. The summed E-state index contributed by atoms with van der Waals surface area (Å²) in [4.78, 5) is 24.1. The molecule has 0 radical (unpaired) electrons. The van der Waals surface area contributed by atoms with Gasteiger partial charge in [0.25, 0.3) is 0 Å². The minimum absolute atomic E-state index is 0.0555. The highest BCUT2D eigenvalue weighted by Crippen LogP contribution is 2.09. The number of carbonyl (C=O) groups excluding carboxylic acids is 1. The molecule has 0 saturated heterocycles. The van der Waals surface area contributed by atoms with Crippen LogP contribution in [0.25, 0.3) is 0 Å². The van der Waals surface area contributed by atoms with E-state index in [1.165, 1.54) is 4.90 Å². The molecule has 0 aliphatic rings. The van der Waals surface area contributed by atoms with Crippen molar-refractivity contribution in [3.05, 3.63) is 43.0 Å². The molecule has 1 amide bonds. The molecule has 0 bridgehead atoms. The van der Waals surface area contributed by atoms with Gasteiger partial charge in [0.1, 0.15) is 5.75 Å². The number of nitrogens with zero attached hydrogens (tertiary/aromatic N) is 1. The molecule has 0 saturated carbocycles. The monoisotopic (exact) mass is 291 g/mol. The van der Waals surface area contributed by atoms with Crippen molar-refractivity contribution in [1.29, 1.82) is 0 Å². The summed E-state index contributed by atoms with van der Waals surface area (Å²) in [7, 11) is 0. The summed E-state index contributed by atoms with van der Waals surface area (Å²) in [5.41, 5.74) is 0. The van der Waals surface area contributed by atoms with Crippen LogP contribution >= 0.6 is 0 Å². The number of aliphatic carboxylic acids is 1. The van der Waals surface area contributed by atoms with Crippen LogP contribution in [0.3, 0.4) is 0 Å². The average Bonchev–Trinajstić information content (AvgIpc) is 2.48. The maximum absolute atomic E-state index is 12.0. The largest absolute Gasteiger partial charge is 0.494 e. The Kier molecular flexibility index (Phi) is 7.64. The number of carbonyl (C=O) groups is 2. The summed E-state index contributed by atoms with van der Waals surface area (Å²) < 4.78 is 5.51. The molecule has 0 aliphatic heterocycles. The van der Waals surface area contributed by atoms with Crippen molar-refractivity contribution < 1.29 is 19.4 Å². The van der Waals surface area contributed by atoms with Crippen LogP contribution in [0.5, 0.6) is 5.75 Å². The van der Waals surface area contributed by atoms with E-state index in [1.807, 2.05) is 30.3 Å². The number of benzene rings is 1. The number of hydrogen-bond donors (Lipinski definition) is 1. The fourth-order valence-electron chi connectivity index (χ4n) is 1.79. The third kappa shape index (κ3) is 7.15. The SMILES string of the molecule is C=CCN(CCC(=O)O)C(=O)CCCOc1ccccc1. The van der Waals surface area contributed by atoms with Crippen molar-refractivity contribution in [2.24, 2.45) is 0 Å². The second-order valence-corrected chi connectivity index (χ2v) is 4.54. The average molecular weight is 291 g/mol. The molecule has 114 valence electrons. The summed E-state index contributed by atoms with van der Waals surface area (Å²) in [6.07, 6.45) is 2.47. The van der Waals surface area contributed by atoms with Gasteiger partial charge in [-0.2, -0.15) is 0 Å². The minimum Gasteiger partial charge on any atom is -0.494 e. The molecule has 21 heavy (non-hydrogen) atoms. The van der Waals surface area contributed by atoms with Crippen molar-refractivity contribution in [2.75, 3.05) is 19.7 Å². The smallest absolute Gasteiger partial charge is 0.305 e. The number of ether oxygens (including phenoxy) is 1. The predicted octanol–water partition coefficient (Wildman–Crippen LogP) is 2.33. The zero-order chi connectivity index (χ0) is 15.5. The molecular weight excluding hydrogens is 270 g/mol. The summed E-state index contributed by atoms with van der Waals surface area (Å²) in [5, 5.41) is 8.67. The minimum atomic E-state index is -0.913. The molecule has 0 heterocycles. The Hall–Kier alpha value is -2.30. The molecule has 0 spiro atoms. The quantitative estimate of drug-likeness (QED) is 0.531. The van der Waals surface area contributed by atoms with Crippen molar-refractivity contribution in [1.82, 2.24) is 4.90 Å². The third-order valence-electron chi connectivity index (χ3n) is 2.84. The second-order valence-electron chi connectivity index (χ2n) is 4.54. The van der Waals surface area contributed by atoms with Crippen molar-refractivity contribution in [3.63, 3.8) is 0 Å². The van der Waals surface area contributed by atoms with Crippen LogP contribution in [0.15, 0.2) is 43.0 Å². The lowest BCUT2D eigenvalue weighted by Crippen LogP contribution is -2.33. The van der Waals surface area contributed by atoms with Gasteiger partial charge in [-0.3, -0.25) is 9.59 Å². The van der Waals surface area contributed by atoms with Gasteiger partial charge in [0.2, 0.25) is 5.91 Å². The van der Waals surface area contributed by atoms with Crippen LogP contribution in [0.1, 0.15) is 19.3 Å². The first kappa shape index (κ1) is 16.8. The van der Waals surface area contributed by atoms with Gasteiger partial charge in [0.15, 0.2) is 0 Å². The summed E-state index contributed by atoms with van der Waals surface area (Å²) in [6, 6.07) is 9.40. The predicted molar refractivity (Wildman–Crippen MR) is 80.2 cm³/mol. The third-order valence-corrected chi connectivity index (χ3v) is 2.84. The Balaban J connectivity index is 2.29. The molecule has 1 aromatic carbocycles. The van der Waals surface area contributed by atoms with Crippen molar-refractivity contribution in [3.8, 4) is 5.75 Å². The lowest BCUT2D eigenvalue weighted by molar-refractivity contribution is -0.138. The van der Waals surface area contributed by atoms with Crippen molar-refractivity contribution >= 4 is 11.9 Å². The molecule has 1 aromatic rings. The molecule has 5 nitrogen and oxygen atoms in total. The second kappa shape index (κ2) is 9.58. The fraction of sp³-hybridized carbons (Fsp3) is 0.375. The van der Waals surface area contributed by atoms with Gasteiger partial charge in [-0.1, -0.05) is 24.3 Å². The van der Waals surface area contributed by atoms with E-state index in [1.54, 1.807) is 6.08 Å². The van der Waals surface area contributed by atoms with Gasteiger partial charge in [0.05, 0.1) is 13.0 Å². The highest BCUT2D eigenvalue weighted by molar-refractivity contribution is 5.77. The van der Waals surface area contributed by atoms with Crippen molar-refractivity contribution in [2.45, 2.75) is 19.3 Å². The maximum atomic E-state index is 12.0. The topological polar surface area (TPSA) is 66.8 Å². The van der Waals surface area contributed by atoms with Crippen LogP contribution < -0.4 is 4.74 Å². The van der Waals surface area contributed by atoms with Crippen LogP contribution in [0.2, 0.25) is 0 Å². The van der Waals surface area contributed by atoms with E-state index < -0.39 is 5.97 Å². The zero-order valence-corrected chi connectivity index (χ0v) is 12.0. The van der Waals surface area contributed by atoms with Gasteiger partial charge in [-0.15, -0.1) is 6.58 Å². The van der Waals surface area contributed by atoms with E-state index in [9.17, 15) is 9.59 Å². The zero-order valence-electron chi connectivity index (χ0n) is 12.0. The molecule has 5 heteroatoms. The molecule has 0 fully saturated rings. The first-order valence-corrected chi connectivity index (χ1v) is 6.92. The summed E-state index contributed by atoms with van der Waals surface area (Å²) in [5.74, 6) is -0.212. The van der Waals surface area contributed by atoms with Crippen LogP contribution in [-0.2, 0) is 9.59 Å². The molecule has 1 rings (SSSR count). The molecule has 1 N–H and O–H groups in total. The summed E-state index contributed by atoms with van der Waals surface area (Å²) in [6.45, 7) is 4.61. The van der Waals surface area contributed by atoms with E-state index in [0.29, 0.717) is 26.0 Å². The van der Waals surface area contributed by atoms with E-state index >= 15 is 0 Å². The first-order valence-electron chi connectivity index (χ1n) is 6.92. The van der Waals surface area contributed by atoms with Gasteiger partial charge >= 0.3 is 5.97 Å². The molecular formula is C16H21NO4. The summed E-state index contributed by atoms with van der Waals surface area (Å²) >= 11 is 0. The maximum Gasteiger partial charge on any atom is 0.305 e. The van der Waals surface area contributed by atoms with Gasteiger partial charge in [0, 0.05) is 19.5 Å². The Labute approximate surface area is 124 Å². The lowest BCUT2D eigenvalue weighted by atomic mass is 10.2. The lowest BCUT2D eigenvalue weighted by Gasteiger charge is -2.20. The number of para-hydroxylation sites is 1. The molecule has 0 unspecified atom stereocenters. The standard InChI is InChI=1S/C16H21NO4/c1-2-11-17(12-10-16(19)20)15(18)9-6-13-21-14-7-4-3-5-8-14/h2-5,7-8H,1,6,9-13H2,(H,19,20). The number of carboxylic acid groups (broad SMARTS) is 1. The molecule has 0 atom stereocenters. The van der Waals surface area contributed by atoms with E-state index in [0.717, 1.165) is 5.75 Å². The highest BCUT2D eigenvalue weighted by atomic mass is 16.5. The molecule has 0 aliphatic carbocycles. The van der Waals surface area contributed by atoms with Gasteiger partial charge in [-0.25, -0.2) is 0 Å². The number of rotatable bonds is 10. The van der Waals surface area contributed by atoms with Crippen LogP contribution in [0, 0.1) is 0 Å². The Morgan fingerprint density at radius 3 is 2.57 bits per heavy atom. The van der Waals surface area contributed by atoms with E-state index in [2.05, 4.69) is 6.58 Å². The first-order chi connectivity index (χ1) is 10.1. The van der Waals surface area contributed by atoms with Gasteiger partial charge < -0.3 is 14.7 Å². The number of hydrogen-bond acceptors (Lipinski definition) is 3. The Morgan fingerprint density at radius 2 is 1.95 bits per heavy atom. The van der Waals surface area contributed by atoms with E-state index in [4.69, 9.17) is 9.84 Å². The normalized spacial score (nSPS) is 9.90. The Bertz CT molecular complexity index is 459. The van der Waals surface area contributed by atoms with Crippen LogP contribution in [-0.4, -0.2) is 41.6 Å². The fourth-order valence-corrected chi connectivity index (χ4v) is 1.79. The van der Waals surface area contributed by atoms with Crippen LogP contribution in [0.4, 0.5) is 0 Å². The Morgan fingerprint density at radius 1 is 1.24 bits per heavy atom. The number of amides is 1. The van der Waals surface area contributed by atoms with Gasteiger partial charge in [-0.05, 0) is 18.6 Å².